The Balaban J connectivity index is 1.74. The van der Waals surface area contributed by atoms with E-state index in [1.165, 1.54) is 0 Å². The lowest BCUT2D eigenvalue weighted by molar-refractivity contribution is 0.301. The van der Waals surface area contributed by atoms with Crippen molar-refractivity contribution < 1.29 is 4.74 Å². The molecule has 5 nitrogen and oxygen atoms in total. The van der Waals surface area contributed by atoms with Gasteiger partial charge in [-0.2, -0.15) is 0 Å². The van der Waals surface area contributed by atoms with E-state index in [-0.39, 0.29) is 5.28 Å². The topological polar surface area (TPSA) is 51.1 Å². The van der Waals surface area contributed by atoms with Gasteiger partial charge in [-0.15, -0.1) is 0 Å². The second-order valence-electron chi connectivity index (χ2n) is 4.97. The number of halogens is 2. The molecule has 2 aromatic heterocycles. The molecule has 3 rings (SSSR count). The number of hydrogen-bond acceptors (Lipinski definition) is 5. The zero-order chi connectivity index (χ0) is 16.9. The van der Waals surface area contributed by atoms with Crippen molar-refractivity contribution in [3.8, 4) is 5.75 Å². The van der Waals surface area contributed by atoms with Crippen molar-refractivity contribution in [2.75, 3.05) is 11.9 Å². The minimum absolute atomic E-state index is 0.195. The predicted molar refractivity (Wildman–Crippen MR) is 95.1 cm³/mol. The maximum atomic E-state index is 6.33. The van der Waals surface area contributed by atoms with Crippen LogP contribution in [0, 0.1) is 0 Å². The fourth-order valence-electron chi connectivity index (χ4n) is 2.10. The standard InChI is InChI=1S/C17H14Cl2N4O/c1-23(16-7-9-21-17(19)22-16)13-5-6-15(14(18)10-13)24-11-12-4-2-3-8-20-12/h2-10H,11H2,1H3. The molecule has 0 atom stereocenters. The summed E-state index contributed by atoms with van der Waals surface area (Å²) in [6.45, 7) is 0.358. The van der Waals surface area contributed by atoms with Crippen molar-refractivity contribution >= 4 is 34.7 Å². The van der Waals surface area contributed by atoms with Gasteiger partial charge in [0.25, 0.3) is 0 Å². The van der Waals surface area contributed by atoms with E-state index in [0.29, 0.717) is 23.2 Å². The maximum Gasteiger partial charge on any atom is 0.224 e. The van der Waals surface area contributed by atoms with Crippen LogP contribution in [0.25, 0.3) is 0 Å². The van der Waals surface area contributed by atoms with Crippen molar-refractivity contribution in [3.63, 3.8) is 0 Å². The average molecular weight is 361 g/mol. The SMILES string of the molecule is CN(c1ccc(OCc2ccccn2)c(Cl)c1)c1ccnc(Cl)n1. The van der Waals surface area contributed by atoms with Crippen molar-refractivity contribution in [2.45, 2.75) is 6.61 Å². The van der Waals surface area contributed by atoms with E-state index in [9.17, 15) is 0 Å². The first-order chi connectivity index (χ1) is 11.6. The van der Waals surface area contributed by atoms with Gasteiger partial charge in [0.1, 0.15) is 18.2 Å². The molecule has 122 valence electrons. The molecule has 0 fully saturated rings. The van der Waals surface area contributed by atoms with Crippen molar-refractivity contribution in [3.05, 3.63) is 70.9 Å². The van der Waals surface area contributed by atoms with Crippen molar-refractivity contribution in [1.82, 2.24) is 15.0 Å². The van der Waals surface area contributed by atoms with Crippen LogP contribution in [0.1, 0.15) is 5.69 Å². The van der Waals surface area contributed by atoms with Gasteiger partial charge in [-0.3, -0.25) is 4.98 Å². The van der Waals surface area contributed by atoms with Crippen LogP contribution in [-0.4, -0.2) is 22.0 Å². The molecule has 0 N–H and O–H groups in total. The van der Waals surface area contributed by atoms with E-state index in [0.717, 1.165) is 11.4 Å². The van der Waals surface area contributed by atoms with Crippen LogP contribution in [0.2, 0.25) is 10.3 Å². The summed E-state index contributed by atoms with van der Waals surface area (Å²) in [7, 11) is 1.87. The van der Waals surface area contributed by atoms with Crippen molar-refractivity contribution in [1.29, 1.82) is 0 Å². The molecule has 0 amide bonds. The Labute approximate surface area is 149 Å². The predicted octanol–water partition coefficient (Wildman–Crippen LogP) is 4.53. The number of pyridine rings is 1. The molecule has 0 aliphatic heterocycles. The Bertz CT molecular complexity index is 830. The van der Waals surface area contributed by atoms with Crippen LogP contribution < -0.4 is 9.64 Å². The lowest BCUT2D eigenvalue weighted by Gasteiger charge is -2.19. The van der Waals surface area contributed by atoms with Gasteiger partial charge in [-0.05, 0) is 48.0 Å². The first-order valence-corrected chi connectivity index (χ1v) is 7.93. The Morgan fingerprint density at radius 2 is 1.92 bits per heavy atom. The van der Waals surface area contributed by atoms with E-state index >= 15 is 0 Å². The number of benzene rings is 1. The van der Waals surface area contributed by atoms with Crippen LogP contribution >= 0.6 is 23.2 Å². The third-order valence-corrected chi connectivity index (χ3v) is 3.84. The summed E-state index contributed by atoms with van der Waals surface area (Å²) < 4.78 is 5.72. The van der Waals surface area contributed by atoms with Gasteiger partial charge in [0.2, 0.25) is 5.28 Å². The summed E-state index contributed by atoms with van der Waals surface area (Å²) in [6, 6.07) is 13.0. The number of anilines is 2. The molecule has 0 bridgehead atoms. The molecule has 2 heterocycles. The highest BCUT2D eigenvalue weighted by Gasteiger charge is 2.10. The largest absolute Gasteiger partial charge is 0.486 e. The second kappa shape index (κ2) is 7.47. The monoisotopic (exact) mass is 360 g/mol. The van der Waals surface area contributed by atoms with Crippen LogP contribution in [0.4, 0.5) is 11.5 Å². The Morgan fingerprint density at radius 3 is 2.62 bits per heavy atom. The first-order valence-electron chi connectivity index (χ1n) is 7.18. The summed E-state index contributed by atoms with van der Waals surface area (Å²) in [5.74, 6) is 1.27. The van der Waals surface area contributed by atoms with Gasteiger partial charge in [-0.25, -0.2) is 9.97 Å². The summed E-state index contributed by atoms with van der Waals surface area (Å²) >= 11 is 12.2. The van der Waals surface area contributed by atoms with E-state index in [2.05, 4.69) is 15.0 Å². The van der Waals surface area contributed by atoms with Gasteiger partial charge >= 0.3 is 0 Å². The number of aromatic nitrogens is 3. The van der Waals surface area contributed by atoms with E-state index in [1.807, 2.05) is 48.3 Å². The quantitative estimate of drug-likeness (QED) is 0.625. The van der Waals surface area contributed by atoms with Gasteiger partial charge in [0.15, 0.2) is 0 Å². The van der Waals surface area contributed by atoms with Gasteiger partial charge < -0.3 is 9.64 Å². The fraction of sp³-hybridized carbons (Fsp3) is 0.118. The molecule has 0 radical (unpaired) electrons. The highest BCUT2D eigenvalue weighted by atomic mass is 35.5. The summed E-state index contributed by atoms with van der Waals surface area (Å²) in [5.41, 5.74) is 1.70. The van der Waals surface area contributed by atoms with Crippen molar-refractivity contribution in [2.24, 2.45) is 0 Å². The Hall–Kier alpha value is -2.37. The summed E-state index contributed by atoms with van der Waals surface area (Å²) in [4.78, 5) is 14.1. The molecule has 0 aliphatic rings. The zero-order valence-electron chi connectivity index (χ0n) is 12.9. The molecular formula is C17H14Cl2N4O. The van der Waals surface area contributed by atoms with E-state index in [1.54, 1.807) is 18.5 Å². The minimum Gasteiger partial charge on any atom is -0.486 e. The number of ether oxygens (including phenoxy) is 1. The molecule has 3 aromatic rings. The molecule has 0 saturated carbocycles. The highest BCUT2D eigenvalue weighted by Crippen LogP contribution is 2.32. The Morgan fingerprint density at radius 1 is 1.04 bits per heavy atom. The van der Waals surface area contributed by atoms with E-state index < -0.39 is 0 Å². The second-order valence-corrected chi connectivity index (χ2v) is 5.71. The van der Waals surface area contributed by atoms with Crippen LogP contribution in [0.15, 0.2) is 54.9 Å². The highest BCUT2D eigenvalue weighted by molar-refractivity contribution is 6.32. The van der Waals surface area contributed by atoms with Crippen LogP contribution in [-0.2, 0) is 6.61 Å². The number of nitrogens with zero attached hydrogens (tertiary/aromatic N) is 4. The average Bonchev–Trinajstić information content (AvgIpc) is 2.61. The normalized spacial score (nSPS) is 10.5. The first kappa shape index (κ1) is 16.5. The van der Waals surface area contributed by atoms with Gasteiger partial charge in [0.05, 0.1) is 10.7 Å². The number of rotatable bonds is 5. The maximum absolute atomic E-state index is 6.33. The van der Waals surface area contributed by atoms with E-state index in [4.69, 9.17) is 27.9 Å². The summed E-state index contributed by atoms with van der Waals surface area (Å²) in [5, 5.41) is 0.705. The van der Waals surface area contributed by atoms with Crippen LogP contribution in [0.5, 0.6) is 5.75 Å². The molecule has 0 unspecified atom stereocenters. The molecular weight excluding hydrogens is 347 g/mol. The number of hydrogen-bond donors (Lipinski definition) is 0. The molecule has 0 spiro atoms. The van der Waals surface area contributed by atoms with Crippen LogP contribution in [0.3, 0.4) is 0 Å². The lowest BCUT2D eigenvalue weighted by atomic mass is 10.2. The lowest BCUT2D eigenvalue weighted by Crippen LogP contribution is -2.11. The molecule has 24 heavy (non-hydrogen) atoms. The smallest absolute Gasteiger partial charge is 0.224 e. The third-order valence-electron chi connectivity index (χ3n) is 3.36. The third kappa shape index (κ3) is 3.93. The molecule has 0 aliphatic carbocycles. The molecule has 0 saturated heterocycles. The summed E-state index contributed by atoms with van der Waals surface area (Å²) in [6.07, 6.45) is 3.33. The Kier molecular flexibility index (Phi) is 5.13. The molecule has 7 heteroatoms. The minimum atomic E-state index is 0.195. The fourth-order valence-corrected chi connectivity index (χ4v) is 2.47. The van der Waals surface area contributed by atoms with Gasteiger partial charge in [0, 0.05) is 25.1 Å². The van der Waals surface area contributed by atoms with Gasteiger partial charge in [-0.1, -0.05) is 17.7 Å². The molecule has 1 aromatic carbocycles. The zero-order valence-corrected chi connectivity index (χ0v) is 14.4.